The summed E-state index contributed by atoms with van der Waals surface area (Å²) < 4.78 is 0. The Labute approximate surface area is 162 Å². The highest BCUT2D eigenvalue weighted by molar-refractivity contribution is 5.94. The van der Waals surface area contributed by atoms with Gasteiger partial charge in [-0.1, -0.05) is 25.1 Å². The second-order valence-corrected chi connectivity index (χ2v) is 7.41. The topological polar surface area (TPSA) is 95.1 Å². The first-order valence-electron chi connectivity index (χ1n) is 9.60. The van der Waals surface area contributed by atoms with E-state index in [0.29, 0.717) is 24.8 Å². The summed E-state index contributed by atoms with van der Waals surface area (Å²) in [5.41, 5.74) is 2.59. The number of hydrogen-bond acceptors (Lipinski definition) is 4. The van der Waals surface area contributed by atoms with Gasteiger partial charge in [-0.2, -0.15) is 0 Å². The highest BCUT2D eigenvalue weighted by atomic mass is 16.3. The molecular formula is C22H23N3O3. The fraction of sp³-hybridized carbons (Fsp3) is 0.318. The molecule has 0 radical (unpaired) electrons. The summed E-state index contributed by atoms with van der Waals surface area (Å²) in [6.07, 6.45) is 3.36. The number of nitrogens with one attached hydrogen (secondary N) is 2. The smallest absolute Gasteiger partial charge is 0.252 e. The van der Waals surface area contributed by atoms with E-state index in [-0.39, 0.29) is 29.5 Å². The Morgan fingerprint density at radius 3 is 2.82 bits per heavy atom. The second-order valence-electron chi connectivity index (χ2n) is 7.41. The summed E-state index contributed by atoms with van der Waals surface area (Å²) in [5.74, 6) is -0.157. The summed E-state index contributed by atoms with van der Waals surface area (Å²) in [4.78, 5) is 32.0. The van der Waals surface area contributed by atoms with Crippen LogP contribution in [0.15, 0.2) is 53.5 Å². The van der Waals surface area contributed by atoms with Gasteiger partial charge >= 0.3 is 0 Å². The van der Waals surface area contributed by atoms with E-state index >= 15 is 0 Å². The number of carbonyl (C=O) groups is 1. The number of carbonyl (C=O) groups excluding carboxylic acids is 1. The summed E-state index contributed by atoms with van der Waals surface area (Å²) in [5, 5.41) is 13.8. The highest BCUT2D eigenvalue weighted by Gasteiger charge is 2.36. The van der Waals surface area contributed by atoms with Crippen LogP contribution in [0.3, 0.4) is 0 Å². The van der Waals surface area contributed by atoms with Gasteiger partial charge in [0.25, 0.3) is 5.91 Å². The van der Waals surface area contributed by atoms with Crippen molar-refractivity contribution in [2.24, 2.45) is 5.92 Å². The first-order chi connectivity index (χ1) is 13.5. The number of hydrogen-bond donors (Lipinski definition) is 3. The molecule has 1 atom stereocenters. The van der Waals surface area contributed by atoms with Crippen molar-refractivity contribution in [1.29, 1.82) is 0 Å². The van der Waals surface area contributed by atoms with Gasteiger partial charge in [0, 0.05) is 28.9 Å². The highest BCUT2D eigenvalue weighted by Crippen LogP contribution is 2.38. The molecule has 1 aliphatic carbocycles. The average Bonchev–Trinajstić information content (AvgIpc) is 2.69. The van der Waals surface area contributed by atoms with Crippen LogP contribution in [0.5, 0.6) is 0 Å². The molecule has 0 bridgehead atoms. The van der Waals surface area contributed by atoms with Gasteiger partial charge in [-0.05, 0) is 48.9 Å². The number of H-pyrrole nitrogens is 1. The summed E-state index contributed by atoms with van der Waals surface area (Å²) in [6.45, 7) is 1.92. The lowest BCUT2D eigenvalue weighted by atomic mass is 9.75. The van der Waals surface area contributed by atoms with E-state index in [2.05, 4.69) is 15.3 Å². The van der Waals surface area contributed by atoms with Crippen molar-refractivity contribution in [1.82, 2.24) is 15.3 Å². The number of fused-ring (bicyclic) bond motifs is 1. The largest absolute Gasteiger partial charge is 0.393 e. The zero-order chi connectivity index (χ0) is 19.7. The summed E-state index contributed by atoms with van der Waals surface area (Å²) in [7, 11) is 0. The number of aliphatic hydroxyl groups is 1. The molecule has 1 amide bonds. The van der Waals surface area contributed by atoms with Gasteiger partial charge in [0.05, 0.1) is 17.7 Å². The van der Waals surface area contributed by atoms with Crippen LogP contribution >= 0.6 is 0 Å². The van der Waals surface area contributed by atoms with Gasteiger partial charge in [-0.25, -0.2) is 0 Å². The molecule has 3 aromatic rings. The number of rotatable bonds is 5. The predicted molar refractivity (Wildman–Crippen MR) is 107 cm³/mol. The lowest BCUT2D eigenvalue weighted by molar-refractivity contribution is 0.0235. The molecule has 2 heterocycles. The quantitative estimate of drug-likeness (QED) is 0.637. The SMILES string of the molecule is CCc1cc(C(=O)N[C@@H](c2cnc3ccccc3c2)C2CC(O)C2)cc(=O)[nH]1. The third-order valence-corrected chi connectivity index (χ3v) is 5.42. The van der Waals surface area contributed by atoms with Crippen LogP contribution in [-0.4, -0.2) is 27.1 Å². The van der Waals surface area contributed by atoms with Crippen molar-refractivity contribution in [3.63, 3.8) is 0 Å². The number of para-hydroxylation sites is 1. The van der Waals surface area contributed by atoms with Gasteiger partial charge in [-0.15, -0.1) is 0 Å². The van der Waals surface area contributed by atoms with E-state index in [1.807, 2.05) is 37.3 Å². The molecule has 0 unspecified atom stereocenters. The lowest BCUT2D eigenvalue weighted by Gasteiger charge is -2.38. The third kappa shape index (κ3) is 3.68. The Bertz CT molecular complexity index is 1070. The Kier molecular flexibility index (Phi) is 4.96. The first kappa shape index (κ1) is 18.4. The van der Waals surface area contributed by atoms with Gasteiger partial charge < -0.3 is 15.4 Å². The molecular weight excluding hydrogens is 354 g/mol. The number of aromatic amines is 1. The van der Waals surface area contributed by atoms with E-state index in [4.69, 9.17) is 0 Å². The normalized spacial score (nSPS) is 19.8. The number of aryl methyl sites for hydroxylation is 1. The monoisotopic (exact) mass is 377 g/mol. The number of benzene rings is 1. The Morgan fingerprint density at radius 1 is 1.29 bits per heavy atom. The maximum absolute atomic E-state index is 12.9. The third-order valence-electron chi connectivity index (χ3n) is 5.42. The number of aromatic nitrogens is 2. The predicted octanol–water partition coefficient (Wildman–Crippen LogP) is 2.73. The Morgan fingerprint density at radius 2 is 2.07 bits per heavy atom. The fourth-order valence-electron chi connectivity index (χ4n) is 3.78. The van der Waals surface area contributed by atoms with Crippen LogP contribution in [0.2, 0.25) is 0 Å². The van der Waals surface area contributed by atoms with Gasteiger partial charge in [0.15, 0.2) is 0 Å². The van der Waals surface area contributed by atoms with Crippen molar-refractivity contribution in [2.75, 3.05) is 0 Å². The van der Waals surface area contributed by atoms with E-state index in [1.54, 1.807) is 12.3 Å². The molecule has 4 rings (SSSR count). The molecule has 144 valence electrons. The summed E-state index contributed by atoms with van der Waals surface area (Å²) >= 11 is 0. The Balaban J connectivity index is 1.65. The molecule has 0 aliphatic heterocycles. The molecule has 3 N–H and O–H groups in total. The molecule has 6 nitrogen and oxygen atoms in total. The van der Waals surface area contributed by atoms with Crippen LogP contribution in [-0.2, 0) is 6.42 Å². The van der Waals surface area contributed by atoms with Crippen molar-refractivity contribution in [3.05, 3.63) is 75.8 Å². The molecule has 1 aromatic carbocycles. The average molecular weight is 377 g/mol. The van der Waals surface area contributed by atoms with E-state index in [0.717, 1.165) is 22.2 Å². The van der Waals surface area contributed by atoms with Crippen LogP contribution in [0, 0.1) is 5.92 Å². The number of pyridine rings is 2. The lowest BCUT2D eigenvalue weighted by Crippen LogP contribution is -2.41. The van der Waals surface area contributed by atoms with Gasteiger partial charge in [-0.3, -0.25) is 14.6 Å². The van der Waals surface area contributed by atoms with Crippen molar-refractivity contribution in [2.45, 2.75) is 38.3 Å². The summed E-state index contributed by atoms with van der Waals surface area (Å²) in [6, 6.07) is 12.6. The van der Waals surface area contributed by atoms with E-state index < -0.39 is 0 Å². The van der Waals surface area contributed by atoms with Crippen LogP contribution in [0.4, 0.5) is 0 Å². The minimum atomic E-state index is -0.330. The van der Waals surface area contributed by atoms with Crippen molar-refractivity contribution < 1.29 is 9.90 Å². The molecule has 2 aromatic heterocycles. The molecule has 28 heavy (non-hydrogen) atoms. The standard InChI is InChI=1S/C22H23N3O3/c1-2-17-8-15(11-20(27)24-17)22(28)25-21(14-9-18(26)10-14)16-7-13-5-3-4-6-19(13)23-12-16/h3-8,11-12,14,18,21,26H,2,9-10H2,1H3,(H,24,27)(H,25,28)/t14?,18?,21-/m1/s1. The second kappa shape index (κ2) is 7.56. The maximum Gasteiger partial charge on any atom is 0.252 e. The van der Waals surface area contributed by atoms with E-state index in [1.165, 1.54) is 6.07 Å². The van der Waals surface area contributed by atoms with Gasteiger partial charge in [0.2, 0.25) is 5.56 Å². The van der Waals surface area contributed by atoms with Crippen LogP contribution < -0.4 is 10.9 Å². The zero-order valence-corrected chi connectivity index (χ0v) is 15.7. The van der Waals surface area contributed by atoms with Crippen LogP contribution in [0.25, 0.3) is 10.9 Å². The number of amides is 1. The minimum absolute atomic E-state index is 0.134. The molecule has 1 saturated carbocycles. The molecule has 1 aliphatic rings. The molecule has 6 heteroatoms. The fourth-order valence-corrected chi connectivity index (χ4v) is 3.78. The molecule has 0 saturated heterocycles. The minimum Gasteiger partial charge on any atom is -0.393 e. The zero-order valence-electron chi connectivity index (χ0n) is 15.7. The van der Waals surface area contributed by atoms with Crippen LogP contribution in [0.1, 0.15) is 47.4 Å². The van der Waals surface area contributed by atoms with Crippen molar-refractivity contribution in [3.8, 4) is 0 Å². The number of aliphatic hydroxyl groups excluding tert-OH is 1. The number of nitrogens with zero attached hydrogens (tertiary/aromatic N) is 1. The van der Waals surface area contributed by atoms with Crippen molar-refractivity contribution >= 4 is 16.8 Å². The van der Waals surface area contributed by atoms with Gasteiger partial charge in [0.1, 0.15) is 0 Å². The molecule has 0 spiro atoms. The molecule has 1 fully saturated rings. The first-order valence-corrected chi connectivity index (χ1v) is 9.60. The maximum atomic E-state index is 12.9. The Hall–Kier alpha value is -2.99. The van der Waals surface area contributed by atoms with E-state index in [9.17, 15) is 14.7 Å².